The third-order valence-corrected chi connectivity index (χ3v) is 7.72. The van der Waals surface area contributed by atoms with Crippen molar-refractivity contribution >= 4 is 40.7 Å². The average molecular weight is 442 g/mol. The molecule has 3 heterocycles. The maximum atomic E-state index is 13.2. The second-order valence-electron chi connectivity index (χ2n) is 7.24. The van der Waals surface area contributed by atoms with Crippen LogP contribution in [0.2, 0.25) is 0 Å². The zero-order valence-electron chi connectivity index (χ0n) is 15.4. The Morgan fingerprint density at radius 2 is 1.97 bits per heavy atom. The van der Waals surface area contributed by atoms with Crippen LogP contribution >= 0.6 is 23.1 Å². The molecule has 1 aromatic heterocycles. The molecule has 30 heavy (non-hydrogen) atoms. The molecule has 0 bridgehead atoms. The number of hydrogen-bond acceptors (Lipinski definition) is 6. The molecular formula is C21H15FN2O4S2. The number of nitrogens with one attached hydrogen (secondary N) is 2. The van der Waals surface area contributed by atoms with Crippen LogP contribution in [0.5, 0.6) is 5.75 Å². The molecular weight excluding hydrogens is 427 g/mol. The molecule has 0 unspecified atom stereocenters. The van der Waals surface area contributed by atoms with E-state index in [0.29, 0.717) is 17.2 Å². The Labute approximate surface area is 178 Å². The van der Waals surface area contributed by atoms with E-state index in [-0.39, 0.29) is 17.2 Å². The van der Waals surface area contributed by atoms with Gasteiger partial charge < -0.3 is 15.0 Å². The number of rotatable bonds is 3. The van der Waals surface area contributed by atoms with Crippen molar-refractivity contribution in [3.63, 3.8) is 0 Å². The van der Waals surface area contributed by atoms with Crippen molar-refractivity contribution in [3.05, 3.63) is 74.5 Å². The van der Waals surface area contributed by atoms with Crippen LogP contribution in [0.15, 0.2) is 58.4 Å². The van der Waals surface area contributed by atoms with Crippen LogP contribution in [-0.4, -0.2) is 22.6 Å². The standard InChI is InChI=1S/C21H15FN2O4S2/c22-11-5-7-12(8-6-11)23-15(25)9-21-10-29-18-17(30-20(27)24-18)16(21)13-3-1-2-4-14(13)28-19(21)26/h1-8,16H,9-10H2,(H,23,25)(H,24,27)/t16-,21+/m1/s1. The second kappa shape index (κ2) is 7.10. The maximum absolute atomic E-state index is 13.2. The number of thioether (sulfide) groups is 1. The van der Waals surface area contributed by atoms with Gasteiger partial charge >= 0.3 is 10.8 Å². The van der Waals surface area contributed by atoms with Crippen LogP contribution < -0.4 is 14.9 Å². The van der Waals surface area contributed by atoms with Crippen molar-refractivity contribution in [3.8, 4) is 5.75 Å². The van der Waals surface area contributed by atoms with E-state index in [9.17, 15) is 18.8 Å². The molecule has 152 valence electrons. The molecule has 6 nitrogen and oxygen atoms in total. The van der Waals surface area contributed by atoms with Gasteiger partial charge in [-0.1, -0.05) is 29.5 Å². The Bertz CT molecular complexity index is 1220. The maximum Gasteiger partial charge on any atom is 0.319 e. The van der Waals surface area contributed by atoms with E-state index in [1.165, 1.54) is 36.0 Å². The Morgan fingerprint density at radius 3 is 2.77 bits per heavy atom. The van der Waals surface area contributed by atoms with E-state index in [0.717, 1.165) is 26.8 Å². The molecule has 2 aliphatic rings. The SMILES string of the molecule is O=C(C[C@]12CSc3[nH]c(=O)sc3[C@H]1c1ccccc1OC2=O)Nc1ccc(F)cc1. The highest BCUT2D eigenvalue weighted by Gasteiger charge is 2.57. The number of aromatic amines is 1. The van der Waals surface area contributed by atoms with Crippen molar-refractivity contribution in [1.29, 1.82) is 0 Å². The van der Waals surface area contributed by atoms with E-state index in [1.54, 1.807) is 12.1 Å². The van der Waals surface area contributed by atoms with Gasteiger partial charge in [0.1, 0.15) is 11.6 Å². The summed E-state index contributed by atoms with van der Waals surface area (Å²) < 4.78 is 18.8. The van der Waals surface area contributed by atoms with Crippen molar-refractivity contribution in [1.82, 2.24) is 4.98 Å². The first-order valence-electron chi connectivity index (χ1n) is 9.19. The highest BCUT2D eigenvalue weighted by molar-refractivity contribution is 7.99. The molecule has 2 aromatic carbocycles. The second-order valence-corrected chi connectivity index (χ2v) is 9.25. The molecule has 2 atom stereocenters. The van der Waals surface area contributed by atoms with Crippen LogP contribution in [-0.2, 0) is 9.59 Å². The van der Waals surface area contributed by atoms with Crippen LogP contribution in [0.25, 0.3) is 0 Å². The molecule has 9 heteroatoms. The van der Waals surface area contributed by atoms with Crippen molar-refractivity contribution in [2.45, 2.75) is 17.4 Å². The molecule has 5 rings (SSSR count). The van der Waals surface area contributed by atoms with Gasteiger partial charge in [-0.25, -0.2) is 4.39 Å². The summed E-state index contributed by atoms with van der Waals surface area (Å²) in [5.41, 5.74) is 0.0687. The summed E-state index contributed by atoms with van der Waals surface area (Å²) in [5, 5.41) is 3.46. The summed E-state index contributed by atoms with van der Waals surface area (Å²) >= 11 is 2.41. The lowest BCUT2D eigenvalue weighted by Gasteiger charge is -2.44. The van der Waals surface area contributed by atoms with Crippen molar-refractivity contribution in [2.75, 3.05) is 11.1 Å². The van der Waals surface area contributed by atoms with Crippen LogP contribution in [0.1, 0.15) is 22.8 Å². The first kappa shape index (κ1) is 19.1. The fourth-order valence-electron chi connectivity index (χ4n) is 4.04. The number of amides is 1. The highest BCUT2D eigenvalue weighted by atomic mass is 32.2. The predicted octanol–water partition coefficient (Wildman–Crippen LogP) is 3.75. The van der Waals surface area contributed by atoms with E-state index in [1.807, 2.05) is 12.1 Å². The first-order valence-corrected chi connectivity index (χ1v) is 11.0. The fourth-order valence-corrected chi connectivity index (χ4v) is 6.58. The van der Waals surface area contributed by atoms with E-state index >= 15 is 0 Å². The molecule has 3 aromatic rings. The number of hydrogen-bond donors (Lipinski definition) is 2. The Kier molecular flexibility index (Phi) is 4.52. The van der Waals surface area contributed by atoms with Crippen LogP contribution in [0.4, 0.5) is 10.1 Å². The fraction of sp³-hybridized carbons (Fsp3) is 0.190. The number of para-hydroxylation sites is 1. The topological polar surface area (TPSA) is 88.3 Å². The van der Waals surface area contributed by atoms with Gasteiger partial charge in [-0.2, -0.15) is 0 Å². The Hall–Kier alpha value is -2.91. The predicted molar refractivity (Wildman–Crippen MR) is 112 cm³/mol. The number of ether oxygens (including phenoxy) is 1. The summed E-state index contributed by atoms with van der Waals surface area (Å²) in [6.45, 7) is 0. The van der Waals surface area contributed by atoms with Crippen LogP contribution in [0.3, 0.4) is 0 Å². The van der Waals surface area contributed by atoms with Gasteiger partial charge in [-0.15, -0.1) is 11.8 Å². The normalized spacial score (nSPS) is 21.8. The quantitative estimate of drug-likeness (QED) is 0.477. The molecule has 2 aliphatic heterocycles. The van der Waals surface area contributed by atoms with Crippen molar-refractivity contribution < 1.29 is 18.7 Å². The number of aromatic nitrogens is 1. The molecule has 0 spiro atoms. The number of fused-ring (bicyclic) bond motifs is 5. The molecule has 0 fully saturated rings. The molecule has 2 N–H and O–H groups in total. The van der Waals surface area contributed by atoms with Gasteiger partial charge in [0.2, 0.25) is 5.91 Å². The third-order valence-electron chi connectivity index (χ3n) is 5.37. The number of anilines is 1. The van der Waals surface area contributed by atoms with Gasteiger partial charge in [-0.05, 0) is 30.3 Å². The van der Waals surface area contributed by atoms with Crippen LogP contribution in [0, 0.1) is 11.2 Å². The largest absolute Gasteiger partial charge is 0.426 e. The highest BCUT2D eigenvalue weighted by Crippen LogP contribution is 2.58. The summed E-state index contributed by atoms with van der Waals surface area (Å²) in [5.74, 6) is -0.997. The van der Waals surface area contributed by atoms with E-state index in [4.69, 9.17) is 4.74 Å². The molecule has 0 saturated carbocycles. The number of benzene rings is 2. The summed E-state index contributed by atoms with van der Waals surface area (Å²) in [7, 11) is 0. The first-order chi connectivity index (χ1) is 14.5. The van der Waals surface area contributed by atoms with E-state index < -0.39 is 23.1 Å². The van der Waals surface area contributed by atoms with Crippen molar-refractivity contribution in [2.24, 2.45) is 5.41 Å². The van der Waals surface area contributed by atoms with E-state index in [2.05, 4.69) is 10.3 Å². The van der Waals surface area contributed by atoms with Gasteiger partial charge in [0.15, 0.2) is 0 Å². The minimum absolute atomic E-state index is 0.124. The third kappa shape index (κ3) is 3.05. The average Bonchev–Trinajstić information content (AvgIpc) is 3.10. The zero-order chi connectivity index (χ0) is 20.9. The number of thiazole rings is 1. The number of esters is 1. The summed E-state index contributed by atoms with van der Waals surface area (Å²) in [6.07, 6.45) is -0.124. The number of halogens is 1. The Balaban J connectivity index is 1.56. The lowest BCUT2D eigenvalue weighted by Crippen LogP contribution is -2.49. The van der Waals surface area contributed by atoms with Gasteiger partial charge in [0, 0.05) is 34.2 Å². The zero-order valence-corrected chi connectivity index (χ0v) is 17.1. The molecule has 0 radical (unpaired) electrons. The molecule has 0 aliphatic carbocycles. The van der Waals surface area contributed by atoms with Gasteiger partial charge in [-0.3, -0.25) is 14.4 Å². The van der Waals surface area contributed by atoms with Gasteiger partial charge in [0.05, 0.1) is 10.4 Å². The minimum Gasteiger partial charge on any atom is -0.426 e. The number of carbonyl (C=O) groups excluding carboxylic acids is 2. The van der Waals surface area contributed by atoms with Gasteiger partial charge in [0.25, 0.3) is 0 Å². The Morgan fingerprint density at radius 1 is 1.20 bits per heavy atom. The smallest absolute Gasteiger partial charge is 0.319 e. The number of carbonyl (C=O) groups is 2. The summed E-state index contributed by atoms with van der Waals surface area (Å²) in [4.78, 5) is 41.5. The summed E-state index contributed by atoms with van der Waals surface area (Å²) in [6, 6.07) is 12.6. The lowest BCUT2D eigenvalue weighted by molar-refractivity contribution is -0.149. The lowest BCUT2D eigenvalue weighted by atomic mass is 9.68. The molecule has 0 saturated heterocycles. The monoisotopic (exact) mass is 442 g/mol. The minimum atomic E-state index is -1.15. The number of H-pyrrole nitrogens is 1. The molecule has 1 amide bonds.